The van der Waals surface area contributed by atoms with Gasteiger partial charge in [0.2, 0.25) is 0 Å². The fraction of sp³-hybridized carbons (Fsp3) is 0.353. The van der Waals surface area contributed by atoms with E-state index in [-0.39, 0.29) is 5.92 Å². The Hall–Kier alpha value is -2.07. The van der Waals surface area contributed by atoms with Crippen LogP contribution in [0.1, 0.15) is 18.4 Å². The molecule has 110 valence electrons. The smallest absolute Gasteiger partial charge is 0.306 e. The average molecular weight is 285 g/mol. The van der Waals surface area contributed by atoms with E-state index in [0.717, 1.165) is 29.4 Å². The van der Waals surface area contributed by atoms with E-state index in [1.54, 1.807) is 6.07 Å². The Balaban J connectivity index is 1.80. The van der Waals surface area contributed by atoms with Gasteiger partial charge in [-0.2, -0.15) is 0 Å². The number of piperidine rings is 1. The molecule has 0 amide bonds. The lowest BCUT2D eigenvalue weighted by Gasteiger charge is -2.30. The predicted molar refractivity (Wildman–Crippen MR) is 81.2 cm³/mol. The quantitative estimate of drug-likeness (QED) is 0.910. The summed E-state index contributed by atoms with van der Waals surface area (Å²) in [7, 11) is 0. The van der Waals surface area contributed by atoms with Gasteiger partial charge in [0, 0.05) is 12.1 Å². The molecule has 0 aliphatic carbocycles. The van der Waals surface area contributed by atoms with Gasteiger partial charge in [-0.3, -0.25) is 9.69 Å². The lowest BCUT2D eigenvalue weighted by molar-refractivity contribution is -0.143. The van der Waals surface area contributed by atoms with Crippen molar-refractivity contribution >= 4 is 16.7 Å². The number of hydrogen-bond acceptors (Lipinski definition) is 3. The van der Waals surface area contributed by atoms with Crippen molar-refractivity contribution in [1.29, 1.82) is 0 Å². The number of likely N-dealkylation sites (tertiary alicyclic amines) is 1. The third-order valence-corrected chi connectivity index (χ3v) is 4.33. The minimum Gasteiger partial charge on any atom is -0.508 e. The lowest BCUT2D eigenvalue weighted by Crippen LogP contribution is -2.35. The molecule has 2 aromatic rings. The average Bonchev–Trinajstić information content (AvgIpc) is 2.51. The van der Waals surface area contributed by atoms with Crippen molar-refractivity contribution in [2.45, 2.75) is 19.4 Å². The van der Waals surface area contributed by atoms with Crippen molar-refractivity contribution in [3.8, 4) is 5.75 Å². The highest BCUT2D eigenvalue weighted by atomic mass is 16.4. The van der Waals surface area contributed by atoms with Crippen molar-refractivity contribution in [1.82, 2.24) is 4.90 Å². The van der Waals surface area contributed by atoms with Gasteiger partial charge in [0.05, 0.1) is 5.92 Å². The SMILES string of the molecule is O=C(O)C1CCN(Cc2c(O)ccc3ccccc23)CC1. The van der Waals surface area contributed by atoms with Crippen LogP contribution >= 0.6 is 0 Å². The van der Waals surface area contributed by atoms with E-state index in [1.807, 2.05) is 30.3 Å². The van der Waals surface area contributed by atoms with E-state index < -0.39 is 5.97 Å². The molecule has 1 saturated heterocycles. The molecule has 0 unspecified atom stereocenters. The summed E-state index contributed by atoms with van der Waals surface area (Å²) >= 11 is 0. The number of aliphatic carboxylic acids is 1. The van der Waals surface area contributed by atoms with Crippen LogP contribution in [-0.4, -0.2) is 34.2 Å². The Morgan fingerprint density at radius 1 is 1.14 bits per heavy atom. The van der Waals surface area contributed by atoms with Crippen molar-refractivity contribution in [2.24, 2.45) is 5.92 Å². The summed E-state index contributed by atoms with van der Waals surface area (Å²) in [6.45, 7) is 2.19. The van der Waals surface area contributed by atoms with Crippen LogP contribution in [0.5, 0.6) is 5.75 Å². The maximum absolute atomic E-state index is 11.0. The Labute approximate surface area is 123 Å². The normalized spacial score (nSPS) is 17.1. The van der Waals surface area contributed by atoms with E-state index in [2.05, 4.69) is 4.90 Å². The monoisotopic (exact) mass is 285 g/mol. The lowest BCUT2D eigenvalue weighted by atomic mass is 9.96. The van der Waals surface area contributed by atoms with Gasteiger partial charge in [0.15, 0.2) is 0 Å². The summed E-state index contributed by atoms with van der Waals surface area (Å²) in [5.41, 5.74) is 0.932. The zero-order valence-electron chi connectivity index (χ0n) is 11.8. The Morgan fingerprint density at radius 2 is 1.86 bits per heavy atom. The maximum atomic E-state index is 11.0. The molecule has 21 heavy (non-hydrogen) atoms. The molecule has 1 aliphatic rings. The second-order valence-corrected chi connectivity index (χ2v) is 5.67. The second-order valence-electron chi connectivity index (χ2n) is 5.67. The predicted octanol–water partition coefficient (Wildman–Crippen LogP) is 2.84. The molecule has 4 heteroatoms. The highest BCUT2D eigenvalue weighted by Gasteiger charge is 2.25. The number of hydrogen-bond donors (Lipinski definition) is 2. The first-order valence-corrected chi connectivity index (χ1v) is 7.30. The van der Waals surface area contributed by atoms with Gasteiger partial charge in [0.1, 0.15) is 5.75 Å². The largest absolute Gasteiger partial charge is 0.508 e. The van der Waals surface area contributed by atoms with E-state index in [4.69, 9.17) is 5.11 Å². The van der Waals surface area contributed by atoms with Crippen LogP contribution in [-0.2, 0) is 11.3 Å². The number of nitrogens with zero attached hydrogens (tertiary/aromatic N) is 1. The highest BCUT2D eigenvalue weighted by Crippen LogP contribution is 2.29. The zero-order valence-corrected chi connectivity index (χ0v) is 11.8. The molecule has 1 fully saturated rings. The van der Waals surface area contributed by atoms with Gasteiger partial charge in [0.25, 0.3) is 0 Å². The van der Waals surface area contributed by atoms with Crippen molar-refractivity contribution in [3.63, 3.8) is 0 Å². The van der Waals surface area contributed by atoms with E-state index in [1.165, 1.54) is 0 Å². The van der Waals surface area contributed by atoms with Gasteiger partial charge < -0.3 is 10.2 Å². The minimum absolute atomic E-state index is 0.220. The molecule has 4 nitrogen and oxygen atoms in total. The van der Waals surface area contributed by atoms with Gasteiger partial charge in [-0.25, -0.2) is 0 Å². The first-order chi connectivity index (χ1) is 10.1. The molecular weight excluding hydrogens is 266 g/mol. The number of carboxylic acid groups (broad SMARTS) is 1. The van der Waals surface area contributed by atoms with Gasteiger partial charge >= 0.3 is 5.97 Å². The van der Waals surface area contributed by atoms with E-state index in [0.29, 0.717) is 25.1 Å². The number of benzene rings is 2. The molecule has 1 aliphatic heterocycles. The highest BCUT2D eigenvalue weighted by molar-refractivity contribution is 5.87. The number of carboxylic acids is 1. The number of carbonyl (C=O) groups is 1. The van der Waals surface area contributed by atoms with Crippen molar-refractivity contribution in [3.05, 3.63) is 42.0 Å². The third kappa shape index (κ3) is 2.85. The van der Waals surface area contributed by atoms with E-state index in [9.17, 15) is 9.90 Å². The summed E-state index contributed by atoms with van der Waals surface area (Å²) in [5.74, 6) is -0.598. The fourth-order valence-corrected chi connectivity index (χ4v) is 3.05. The second kappa shape index (κ2) is 5.74. The molecule has 1 heterocycles. The number of phenols is 1. The summed E-state index contributed by atoms with van der Waals surface area (Å²) in [6, 6.07) is 11.7. The molecule has 0 spiro atoms. The Morgan fingerprint density at radius 3 is 2.57 bits per heavy atom. The van der Waals surface area contributed by atoms with Crippen molar-refractivity contribution < 1.29 is 15.0 Å². The minimum atomic E-state index is -0.692. The fourth-order valence-electron chi connectivity index (χ4n) is 3.05. The molecule has 0 bridgehead atoms. The van der Waals surface area contributed by atoms with Crippen LogP contribution in [0.3, 0.4) is 0 Å². The van der Waals surface area contributed by atoms with Gasteiger partial charge in [-0.15, -0.1) is 0 Å². The van der Waals surface area contributed by atoms with Crippen LogP contribution < -0.4 is 0 Å². The van der Waals surface area contributed by atoms with Crippen LogP contribution in [0, 0.1) is 5.92 Å². The number of aromatic hydroxyl groups is 1. The zero-order chi connectivity index (χ0) is 14.8. The molecule has 2 aromatic carbocycles. The summed E-state index contributed by atoms with van der Waals surface area (Å²) in [6.07, 6.45) is 1.36. The van der Waals surface area contributed by atoms with Crippen molar-refractivity contribution in [2.75, 3.05) is 13.1 Å². The number of rotatable bonds is 3. The van der Waals surface area contributed by atoms with Crippen LogP contribution in [0.2, 0.25) is 0 Å². The van der Waals surface area contributed by atoms with E-state index >= 15 is 0 Å². The molecule has 0 radical (unpaired) electrons. The number of fused-ring (bicyclic) bond motifs is 1. The molecular formula is C17H19NO3. The standard InChI is InChI=1S/C17H19NO3/c19-16-6-5-12-3-1-2-4-14(12)15(16)11-18-9-7-13(8-10-18)17(20)21/h1-6,13,19H,7-11H2,(H,20,21). The van der Waals surface area contributed by atoms with Crippen LogP contribution in [0.15, 0.2) is 36.4 Å². The number of phenolic OH excluding ortho intramolecular Hbond substituents is 1. The topological polar surface area (TPSA) is 60.8 Å². The van der Waals surface area contributed by atoms with Gasteiger partial charge in [-0.05, 0) is 42.8 Å². The summed E-state index contributed by atoms with van der Waals surface area (Å²) < 4.78 is 0. The maximum Gasteiger partial charge on any atom is 0.306 e. The molecule has 0 aromatic heterocycles. The van der Waals surface area contributed by atoms with Gasteiger partial charge in [-0.1, -0.05) is 30.3 Å². The first kappa shape index (κ1) is 13.9. The van der Waals surface area contributed by atoms with Crippen LogP contribution in [0.4, 0.5) is 0 Å². The summed E-state index contributed by atoms with van der Waals surface area (Å²) in [5, 5.41) is 21.4. The molecule has 0 saturated carbocycles. The third-order valence-electron chi connectivity index (χ3n) is 4.33. The Bertz CT molecular complexity index is 660. The molecule has 3 rings (SSSR count). The summed E-state index contributed by atoms with van der Waals surface area (Å²) in [4.78, 5) is 13.2. The van der Waals surface area contributed by atoms with Crippen LogP contribution in [0.25, 0.3) is 10.8 Å². The molecule has 0 atom stereocenters. The Kier molecular flexibility index (Phi) is 3.80. The first-order valence-electron chi connectivity index (χ1n) is 7.30. The molecule has 2 N–H and O–H groups in total.